The zero-order valence-electron chi connectivity index (χ0n) is 11.7. The van der Waals surface area contributed by atoms with Crippen LogP contribution in [0.5, 0.6) is 0 Å². The van der Waals surface area contributed by atoms with Gasteiger partial charge in [-0.05, 0) is 18.4 Å². The molecule has 1 aromatic heterocycles. The first-order chi connectivity index (χ1) is 10.7. The van der Waals surface area contributed by atoms with E-state index in [1.807, 2.05) is 6.07 Å². The highest BCUT2D eigenvalue weighted by Gasteiger charge is 2.26. The molecule has 112 valence electrons. The van der Waals surface area contributed by atoms with Crippen molar-refractivity contribution in [3.05, 3.63) is 51.3 Å². The third kappa shape index (κ3) is 2.66. The molecule has 2 heterocycles. The third-order valence-corrected chi connectivity index (χ3v) is 3.59. The first kappa shape index (κ1) is 14.2. The fraction of sp³-hybridized carbons (Fsp3) is 0.357. The molecule has 1 aliphatic heterocycles. The Balaban J connectivity index is 1.87. The van der Waals surface area contributed by atoms with E-state index >= 15 is 0 Å². The molecule has 1 atom stereocenters. The standard InChI is InChI=1S/C14H13N5O3/c15-8-12-14(13-2-1-7-22-13)18(17-16-12)9-10-3-5-11(6-4-10)19(20)21/h3-6,13H,1-2,7,9H2. The van der Waals surface area contributed by atoms with Gasteiger partial charge in [-0.15, -0.1) is 5.10 Å². The van der Waals surface area contributed by atoms with Gasteiger partial charge in [0.1, 0.15) is 17.9 Å². The highest BCUT2D eigenvalue weighted by atomic mass is 16.6. The molecule has 1 aliphatic rings. The van der Waals surface area contributed by atoms with Gasteiger partial charge in [0.2, 0.25) is 0 Å². The van der Waals surface area contributed by atoms with E-state index in [1.165, 1.54) is 12.1 Å². The van der Waals surface area contributed by atoms with Gasteiger partial charge in [0.25, 0.3) is 5.69 Å². The first-order valence-corrected chi connectivity index (χ1v) is 6.87. The number of nitro groups is 1. The van der Waals surface area contributed by atoms with Crippen molar-refractivity contribution in [1.29, 1.82) is 5.26 Å². The first-order valence-electron chi connectivity index (χ1n) is 6.87. The molecular weight excluding hydrogens is 286 g/mol. The topological polar surface area (TPSA) is 107 Å². The van der Waals surface area contributed by atoms with Crippen LogP contribution in [0.25, 0.3) is 0 Å². The average molecular weight is 299 g/mol. The summed E-state index contributed by atoms with van der Waals surface area (Å²) in [6, 6.07) is 8.28. The molecule has 0 saturated carbocycles. The number of nitriles is 1. The van der Waals surface area contributed by atoms with E-state index in [4.69, 9.17) is 10.00 Å². The van der Waals surface area contributed by atoms with Gasteiger partial charge in [-0.3, -0.25) is 10.1 Å². The van der Waals surface area contributed by atoms with Crippen LogP contribution in [0.3, 0.4) is 0 Å². The van der Waals surface area contributed by atoms with E-state index in [1.54, 1.807) is 16.8 Å². The van der Waals surface area contributed by atoms with Gasteiger partial charge in [0.05, 0.1) is 11.5 Å². The molecule has 8 heteroatoms. The Kier molecular flexibility index (Phi) is 3.80. The third-order valence-electron chi connectivity index (χ3n) is 3.59. The predicted octanol–water partition coefficient (Wildman–Crippen LogP) is 1.96. The Morgan fingerprint density at radius 2 is 2.23 bits per heavy atom. The van der Waals surface area contributed by atoms with Crippen molar-refractivity contribution in [2.24, 2.45) is 0 Å². The molecule has 0 radical (unpaired) electrons. The van der Waals surface area contributed by atoms with Gasteiger partial charge < -0.3 is 4.74 Å². The van der Waals surface area contributed by atoms with Crippen molar-refractivity contribution >= 4 is 5.69 Å². The predicted molar refractivity (Wildman–Crippen MR) is 74.9 cm³/mol. The van der Waals surface area contributed by atoms with Crippen LogP contribution in [0, 0.1) is 21.4 Å². The Bertz CT molecular complexity index is 726. The quantitative estimate of drug-likeness (QED) is 0.631. The lowest BCUT2D eigenvalue weighted by Crippen LogP contribution is -2.11. The summed E-state index contributed by atoms with van der Waals surface area (Å²) in [4.78, 5) is 10.2. The molecule has 0 N–H and O–H groups in total. The Hall–Kier alpha value is -2.79. The van der Waals surface area contributed by atoms with Crippen molar-refractivity contribution in [3.8, 4) is 6.07 Å². The fourth-order valence-corrected chi connectivity index (χ4v) is 2.52. The summed E-state index contributed by atoms with van der Waals surface area (Å²) in [7, 11) is 0. The summed E-state index contributed by atoms with van der Waals surface area (Å²) in [6.07, 6.45) is 1.61. The van der Waals surface area contributed by atoms with E-state index in [9.17, 15) is 10.1 Å². The molecule has 0 aliphatic carbocycles. The Labute approximate surface area is 126 Å². The minimum Gasteiger partial charge on any atom is -0.372 e. The molecule has 0 amide bonds. The number of ether oxygens (including phenoxy) is 1. The van der Waals surface area contributed by atoms with Crippen LogP contribution in [0.1, 0.15) is 35.9 Å². The molecular formula is C14H13N5O3. The second-order valence-electron chi connectivity index (χ2n) is 5.02. The molecule has 1 fully saturated rings. The van der Waals surface area contributed by atoms with Gasteiger partial charge in [-0.25, -0.2) is 4.68 Å². The van der Waals surface area contributed by atoms with E-state index in [2.05, 4.69) is 10.3 Å². The number of rotatable bonds is 4. The van der Waals surface area contributed by atoms with Gasteiger partial charge in [0, 0.05) is 18.7 Å². The zero-order chi connectivity index (χ0) is 15.5. The maximum absolute atomic E-state index is 10.7. The van der Waals surface area contributed by atoms with Crippen molar-refractivity contribution in [2.45, 2.75) is 25.5 Å². The SMILES string of the molecule is N#Cc1nnn(Cc2ccc([N+](=O)[O-])cc2)c1C1CCCO1. The molecule has 0 bridgehead atoms. The van der Waals surface area contributed by atoms with Crippen LogP contribution >= 0.6 is 0 Å². The van der Waals surface area contributed by atoms with Crippen LogP contribution in [0.4, 0.5) is 5.69 Å². The minimum absolute atomic E-state index is 0.0411. The minimum atomic E-state index is -0.440. The molecule has 3 rings (SSSR count). The molecule has 1 aromatic carbocycles. The Morgan fingerprint density at radius 1 is 1.45 bits per heavy atom. The lowest BCUT2D eigenvalue weighted by Gasteiger charge is -2.12. The van der Waals surface area contributed by atoms with E-state index in [-0.39, 0.29) is 17.5 Å². The van der Waals surface area contributed by atoms with Crippen molar-refractivity contribution in [2.75, 3.05) is 6.61 Å². The molecule has 1 unspecified atom stereocenters. The second kappa shape index (κ2) is 5.91. The summed E-state index contributed by atoms with van der Waals surface area (Å²) >= 11 is 0. The molecule has 0 spiro atoms. The van der Waals surface area contributed by atoms with Gasteiger partial charge >= 0.3 is 0 Å². The van der Waals surface area contributed by atoms with Gasteiger partial charge in [-0.2, -0.15) is 5.26 Å². The van der Waals surface area contributed by atoms with Crippen LogP contribution in [-0.2, 0) is 11.3 Å². The second-order valence-corrected chi connectivity index (χ2v) is 5.02. The number of hydrogen-bond acceptors (Lipinski definition) is 6. The summed E-state index contributed by atoms with van der Waals surface area (Å²) in [6.45, 7) is 1.06. The number of nitrogens with zero attached hydrogens (tertiary/aromatic N) is 5. The lowest BCUT2D eigenvalue weighted by atomic mass is 10.1. The Morgan fingerprint density at radius 3 is 2.82 bits per heavy atom. The lowest BCUT2D eigenvalue weighted by molar-refractivity contribution is -0.384. The van der Waals surface area contributed by atoms with Gasteiger partial charge in [0.15, 0.2) is 5.69 Å². The van der Waals surface area contributed by atoms with E-state index in [0.29, 0.717) is 18.8 Å². The zero-order valence-corrected chi connectivity index (χ0v) is 11.7. The highest BCUT2D eigenvalue weighted by molar-refractivity contribution is 5.33. The number of hydrogen-bond donors (Lipinski definition) is 0. The van der Waals surface area contributed by atoms with E-state index < -0.39 is 4.92 Å². The largest absolute Gasteiger partial charge is 0.372 e. The van der Waals surface area contributed by atoms with Crippen LogP contribution in [0.2, 0.25) is 0 Å². The summed E-state index contributed by atoms with van der Waals surface area (Å²) in [5.41, 5.74) is 1.84. The smallest absolute Gasteiger partial charge is 0.269 e. The van der Waals surface area contributed by atoms with E-state index in [0.717, 1.165) is 18.4 Å². The van der Waals surface area contributed by atoms with Crippen LogP contribution in [-0.4, -0.2) is 26.5 Å². The molecule has 8 nitrogen and oxygen atoms in total. The van der Waals surface area contributed by atoms with Crippen molar-refractivity contribution < 1.29 is 9.66 Å². The van der Waals surface area contributed by atoms with Gasteiger partial charge in [-0.1, -0.05) is 17.3 Å². The van der Waals surface area contributed by atoms with Crippen LogP contribution < -0.4 is 0 Å². The monoisotopic (exact) mass is 299 g/mol. The number of aromatic nitrogens is 3. The number of benzene rings is 1. The summed E-state index contributed by atoms with van der Waals surface area (Å²) < 4.78 is 7.26. The van der Waals surface area contributed by atoms with Crippen LogP contribution in [0.15, 0.2) is 24.3 Å². The average Bonchev–Trinajstić information content (AvgIpc) is 3.16. The summed E-state index contributed by atoms with van der Waals surface area (Å²) in [5.74, 6) is 0. The maximum Gasteiger partial charge on any atom is 0.269 e. The fourth-order valence-electron chi connectivity index (χ4n) is 2.52. The molecule has 2 aromatic rings. The molecule has 1 saturated heterocycles. The maximum atomic E-state index is 10.7. The summed E-state index contributed by atoms with van der Waals surface area (Å²) in [5, 5.41) is 27.7. The highest BCUT2D eigenvalue weighted by Crippen LogP contribution is 2.30. The number of nitro benzene ring substituents is 1. The van der Waals surface area contributed by atoms with Crippen molar-refractivity contribution in [1.82, 2.24) is 15.0 Å². The normalized spacial score (nSPS) is 17.3. The number of non-ortho nitro benzene ring substituents is 1. The van der Waals surface area contributed by atoms with Crippen molar-refractivity contribution in [3.63, 3.8) is 0 Å². The molecule has 22 heavy (non-hydrogen) atoms.